The summed E-state index contributed by atoms with van der Waals surface area (Å²) in [7, 11) is 2.19. The van der Waals surface area contributed by atoms with Gasteiger partial charge in [-0.05, 0) is 44.0 Å². The lowest BCUT2D eigenvalue weighted by Crippen LogP contribution is -2.45. The SMILES string of the molecule is C=CCc1cc(C)c(OCCN2CCN(C)CC2)c(C)c1. The van der Waals surface area contributed by atoms with Gasteiger partial charge >= 0.3 is 0 Å². The molecule has 0 spiro atoms. The highest BCUT2D eigenvalue weighted by atomic mass is 16.5. The molecule has 21 heavy (non-hydrogen) atoms. The largest absolute Gasteiger partial charge is 0.492 e. The molecule has 0 atom stereocenters. The summed E-state index contributed by atoms with van der Waals surface area (Å²) in [5, 5.41) is 0. The Kier molecular flexibility index (Phi) is 5.83. The Hall–Kier alpha value is -1.32. The standard InChI is InChI=1S/C18H28N2O/c1-5-6-17-13-15(2)18(16(3)14-17)21-12-11-20-9-7-19(4)8-10-20/h5,13-14H,1,6-12H2,2-4H3. The molecule has 0 unspecified atom stereocenters. The molecule has 0 aliphatic carbocycles. The lowest BCUT2D eigenvalue weighted by molar-refractivity contribution is 0.133. The minimum absolute atomic E-state index is 0.770. The van der Waals surface area contributed by atoms with Crippen molar-refractivity contribution in [1.82, 2.24) is 9.80 Å². The Morgan fingerprint density at radius 3 is 2.33 bits per heavy atom. The van der Waals surface area contributed by atoms with Crippen molar-refractivity contribution >= 4 is 0 Å². The van der Waals surface area contributed by atoms with Gasteiger partial charge in [0.05, 0.1) is 0 Å². The summed E-state index contributed by atoms with van der Waals surface area (Å²) in [5.74, 6) is 1.05. The molecule has 116 valence electrons. The van der Waals surface area contributed by atoms with Gasteiger partial charge in [0.25, 0.3) is 0 Å². The quantitative estimate of drug-likeness (QED) is 0.749. The molecule has 2 rings (SSSR count). The van der Waals surface area contributed by atoms with E-state index in [0.29, 0.717) is 0 Å². The average molecular weight is 288 g/mol. The first-order valence-corrected chi connectivity index (χ1v) is 7.85. The number of hydrogen-bond acceptors (Lipinski definition) is 3. The van der Waals surface area contributed by atoms with Crippen LogP contribution in [0.25, 0.3) is 0 Å². The Morgan fingerprint density at radius 1 is 1.14 bits per heavy atom. The van der Waals surface area contributed by atoms with Crippen molar-refractivity contribution in [2.45, 2.75) is 20.3 Å². The van der Waals surface area contributed by atoms with E-state index in [4.69, 9.17) is 4.74 Å². The number of benzene rings is 1. The van der Waals surface area contributed by atoms with Gasteiger partial charge < -0.3 is 9.64 Å². The van der Waals surface area contributed by atoms with Crippen LogP contribution in [0.2, 0.25) is 0 Å². The summed E-state index contributed by atoms with van der Waals surface area (Å²) >= 11 is 0. The van der Waals surface area contributed by atoms with Gasteiger partial charge in [0.1, 0.15) is 12.4 Å². The van der Waals surface area contributed by atoms with Crippen LogP contribution in [-0.2, 0) is 6.42 Å². The van der Waals surface area contributed by atoms with Crippen LogP contribution in [0.3, 0.4) is 0 Å². The lowest BCUT2D eigenvalue weighted by atomic mass is 10.0. The maximum Gasteiger partial charge on any atom is 0.125 e. The van der Waals surface area contributed by atoms with E-state index >= 15 is 0 Å². The molecular formula is C18H28N2O. The zero-order valence-electron chi connectivity index (χ0n) is 13.7. The van der Waals surface area contributed by atoms with E-state index in [0.717, 1.165) is 51.5 Å². The zero-order valence-corrected chi connectivity index (χ0v) is 13.7. The van der Waals surface area contributed by atoms with Crippen LogP contribution in [0.5, 0.6) is 5.75 Å². The molecule has 0 saturated carbocycles. The lowest BCUT2D eigenvalue weighted by Gasteiger charge is -2.32. The monoisotopic (exact) mass is 288 g/mol. The first-order valence-electron chi connectivity index (χ1n) is 7.85. The molecule has 3 heteroatoms. The molecule has 0 N–H and O–H groups in total. The van der Waals surface area contributed by atoms with Gasteiger partial charge in [0.2, 0.25) is 0 Å². The Bertz CT molecular complexity index is 453. The second-order valence-electron chi connectivity index (χ2n) is 6.04. The molecule has 1 aromatic rings. The van der Waals surface area contributed by atoms with Crippen molar-refractivity contribution in [2.24, 2.45) is 0 Å². The Balaban J connectivity index is 1.87. The maximum absolute atomic E-state index is 6.05. The summed E-state index contributed by atoms with van der Waals surface area (Å²) in [4.78, 5) is 4.86. The molecule has 1 saturated heterocycles. The molecule has 1 aliphatic rings. The van der Waals surface area contributed by atoms with Gasteiger partial charge in [-0.3, -0.25) is 4.90 Å². The maximum atomic E-state index is 6.05. The highest BCUT2D eigenvalue weighted by Gasteiger charge is 2.13. The molecule has 0 aromatic heterocycles. The number of allylic oxidation sites excluding steroid dienone is 1. The molecule has 1 heterocycles. The van der Waals surface area contributed by atoms with Crippen molar-refractivity contribution in [2.75, 3.05) is 46.4 Å². The van der Waals surface area contributed by atoms with Crippen LogP contribution in [0, 0.1) is 13.8 Å². The number of piperazine rings is 1. The summed E-state index contributed by atoms with van der Waals surface area (Å²) in [5.41, 5.74) is 3.77. The number of rotatable bonds is 6. The van der Waals surface area contributed by atoms with Crippen molar-refractivity contribution in [1.29, 1.82) is 0 Å². The van der Waals surface area contributed by atoms with Crippen molar-refractivity contribution in [3.63, 3.8) is 0 Å². The third-order valence-corrected chi connectivity index (χ3v) is 4.15. The van der Waals surface area contributed by atoms with Crippen LogP contribution in [0.4, 0.5) is 0 Å². The minimum atomic E-state index is 0.770. The molecule has 0 amide bonds. The van der Waals surface area contributed by atoms with E-state index in [2.05, 4.69) is 49.4 Å². The van der Waals surface area contributed by atoms with Gasteiger partial charge in [-0.25, -0.2) is 0 Å². The summed E-state index contributed by atoms with van der Waals surface area (Å²) in [6, 6.07) is 4.42. The van der Waals surface area contributed by atoms with E-state index in [1.807, 2.05) is 6.08 Å². The highest BCUT2D eigenvalue weighted by molar-refractivity contribution is 5.43. The number of aryl methyl sites for hydroxylation is 2. The van der Waals surface area contributed by atoms with Gasteiger partial charge in [-0.15, -0.1) is 6.58 Å². The molecule has 3 nitrogen and oxygen atoms in total. The predicted octanol–water partition coefficient (Wildman–Crippen LogP) is 2.66. The molecule has 1 fully saturated rings. The Labute approximate surface area is 129 Å². The number of ether oxygens (including phenoxy) is 1. The molecule has 0 radical (unpaired) electrons. The van der Waals surface area contributed by atoms with Crippen LogP contribution < -0.4 is 4.74 Å². The fourth-order valence-electron chi connectivity index (χ4n) is 2.90. The predicted molar refractivity (Wildman–Crippen MR) is 89.2 cm³/mol. The number of nitrogens with zero attached hydrogens (tertiary/aromatic N) is 2. The van der Waals surface area contributed by atoms with Crippen LogP contribution in [0.1, 0.15) is 16.7 Å². The van der Waals surface area contributed by atoms with E-state index < -0.39 is 0 Å². The van der Waals surface area contributed by atoms with Crippen molar-refractivity contribution < 1.29 is 4.74 Å². The second kappa shape index (κ2) is 7.62. The highest BCUT2D eigenvalue weighted by Crippen LogP contribution is 2.25. The summed E-state index contributed by atoms with van der Waals surface area (Å²) in [6.07, 6.45) is 2.87. The van der Waals surface area contributed by atoms with E-state index in [1.54, 1.807) is 0 Å². The molecular weight excluding hydrogens is 260 g/mol. The van der Waals surface area contributed by atoms with Crippen molar-refractivity contribution in [3.8, 4) is 5.75 Å². The molecule has 1 aromatic carbocycles. The van der Waals surface area contributed by atoms with Crippen LogP contribution in [-0.4, -0.2) is 56.2 Å². The second-order valence-corrected chi connectivity index (χ2v) is 6.04. The average Bonchev–Trinajstić information content (AvgIpc) is 2.44. The first-order chi connectivity index (χ1) is 10.1. The van der Waals surface area contributed by atoms with Crippen LogP contribution >= 0.6 is 0 Å². The minimum Gasteiger partial charge on any atom is -0.492 e. The van der Waals surface area contributed by atoms with Crippen molar-refractivity contribution in [3.05, 3.63) is 41.5 Å². The van der Waals surface area contributed by atoms with Gasteiger partial charge in [0, 0.05) is 32.7 Å². The number of hydrogen-bond donors (Lipinski definition) is 0. The number of likely N-dealkylation sites (N-methyl/N-ethyl adjacent to an activating group) is 1. The first kappa shape index (κ1) is 16.1. The van der Waals surface area contributed by atoms with Crippen LogP contribution in [0.15, 0.2) is 24.8 Å². The van der Waals surface area contributed by atoms with Gasteiger partial charge in [-0.2, -0.15) is 0 Å². The fourth-order valence-corrected chi connectivity index (χ4v) is 2.90. The van der Waals surface area contributed by atoms with Gasteiger partial charge in [-0.1, -0.05) is 18.2 Å². The molecule has 1 aliphatic heterocycles. The fraction of sp³-hybridized carbons (Fsp3) is 0.556. The topological polar surface area (TPSA) is 15.7 Å². The third-order valence-electron chi connectivity index (χ3n) is 4.15. The van der Waals surface area contributed by atoms with E-state index in [-0.39, 0.29) is 0 Å². The van der Waals surface area contributed by atoms with Gasteiger partial charge in [0.15, 0.2) is 0 Å². The smallest absolute Gasteiger partial charge is 0.125 e. The van der Waals surface area contributed by atoms with E-state index in [1.165, 1.54) is 16.7 Å². The summed E-state index contributed by atoms with van der Waals surface area (Å²) in [6.45, 7) is 14.5. The summed E-state index contributed by atoms with van der Waals surface area (Å²) < 4.78 is 6.05. The zero-order chi connectivity index (χ0) is 15.2. The normalized spacial score (nSPS) is 16.9. The third kappa shape index (κ3) is 4.58. The molecule has 0 bridgehead atoms. The Morgan fingerprint density at radius 2 is 1.76 bits per heavy atom. The van der Waals surface area contributed by atoms with E-state index in [9.17, 15) is 0 Å².